The number of aryl methyl sites for hydroxylation is 2. The molecule has 1 unspecified atom stereocenters. The van der Waals surface area contributed by atoms with E-state index in [-0.39, 0.29) is 11.9 Å². The first kappa shape index (κ1) is 16.4. The number of hydrogen-bond acceptors (Lipinski definition) is 6. The minimum absolute atomic E-state index is 0.0757. The third-order valence-corrected chi connectivity index (χ3v) is 5.84. The molecule has 0 bridgehead atoms. The normalized spacial score (nSPS) is 12.4. The van der Waals surface area contributed by atoms with Crippen molar-refractivity contribution in [3.05, 3.63) is 23.0 Å². The average molecular weight is 343 g/mol. The van der Waals surface area contributed by atoms with Crippen molar-refractivity contribution in [3.8, 4) is 0 Å². The topological polar surface area (TPSA) is 59.8 Å². The van der Waals surface area contributed by atoms with Gasteiger partial charge in [0, 0.05) is 18.8 Å². The molecule has 0 saturated heterocycles. The minimum Gasteiger partial charge on any atom is -0.345 e. The van der Waals surface area contributed by atoms with Gasteiger partial charge < -0.3 is 5.32 Å². The van der Waals surface area contributed by atoms with E-state index < -0.39 is 0 Å². The number of nitrogens with one attached hydrogen (secondary N) is 1. The maximum atomic E-state index is 12.6. The number of amides is 1. The molecule has 114 valence electrons. The van der Waals surface area contributed by atoms with Gasteiger partial charge in [-0.2, -0.15) is 9.47 Å². The second kappa shape index (κ2) is 6.85. The van der Waals surface area contributed by atoms with Crippen LogP contribution in [0.15, 0.2) is 15.4 Å². The fourth-order valence-electron chi connectivity index (χ4n) is 2.12. The van der Waals surface area contributed by atoms with E-state index in [4.69, 9.17) is 0 Å². The van der Waals surface area contributed by atoms with Crippen LogP contribution in [0.4, 0.5) is 0 Å². The summed E-state index contributed by atoms with van der Waals surface area (Å²) in [6.45, 7) is 3.92. The molecule has 0 saturated carbocycles. The van der Waals surface area contributed by atoms with E-state index in [1.165, 1.54) is 23.3 Å². The van der Waals surface area contributed by atoms with Gasteiger partial charge in [-0.3, -0.25) is 9.48 Å². The summed E-state index contributed by atoms with van der Waals surface area (Å²) in [5, 5.41) is 8.16. The molecule has 2 rings (SSSR count). The molecule has 21 heavy (non-hydrogen) atoms. The summed E-state index contributed by atoms with van der Waals surface area (Å²) in [6, 6.07) is -0.0875. The van der Waals surface area contributed by atoms with E-state index in [0.717, 1.165) is 20.5 Å². The Kier molecular flexibility index (Phi) is 5.34. The van der Waals surface area contributed by atoms with Crippen LogP contribution in [0.3, 0.4) is 0 Å². The van der Waals surface area contributed by atoms with Gasteiger partial charge in [0.1, 0.15) is 5.03 Å². The van der Waals surface area contributed by atoms with Crippen molar-refractivity contribution in [2.75, 3.05) is 12.5 Å². The number of rotatable bonds is 5. The summed E-state index contributed by atoms with van der Waals surface area (Å²) in [5.41, 5.74) is 2.66. The van der Waals surface area contributed by atoms with Crippen molar-refractivity contribution in [2.24, 2.45) is 7.05 Å². The van der Waals surface area contributed by atoms with Gasteiger partial charge in [0.15, 0.2) is 0 Å². The number of carbonyl (C=O) groups is 1. The van der Waals surface area contributed by atoms with E-state index in [1.807, 2.05) is 39.6 Å². The fourth-order valence-corrected chi connectivity index (χ4v) is 4.40. The van der Waals surface area contributed by atoms with Gasteiger partial charge in [-0.1, -0.05) is 0 Å². The summed E-state index contributed by atoms with van der Waals surface area (Å²) in [6.07, 6.45) is 5.84. The van der Waals surface area contributed by atoms with Crippen LogP contribution in [0.25, 0.3) is 0 Å². The quantitative estimate of drug-likeness (QED) is 0.846. The molecule has 0 radical (unpaired) electrons. The van der Waals surface area contributed by atoms with Gasteiger partial charge in [0.2, 0.25) is 0 Å². The summed E-state index contributed by atoms with van der Waals surface area (Å²) in [4.78, 5) is 12.6. The van der Waals surface area contributed by atoms with Crippen LogP contribution in [-0.4, -0.2) is 32.6 Å². The second-order valence-corrected chi connectivity index (χ2v) is 7.24. The standard InChI is InChI=1S/C13H18N4OS3/c1-7(9-6-17(3)15-8(9)2)14-11(18)10-12(19-4)16-21-13(10)20-5/h6-7H,1-5H3,(H,14,18). The predicted octanol–water partition coefficient (Wildman–Crippen LogP) is 3.12. The van der Waals surface area contributed by atoms with E-state index in [1.54, 1.807) is 16.4 Å². The van der Waals surface area contributed by atoms with E-state index in [0.29, 0.717) is 5.56 Å². The van der Waals surface area contributed by atoms with Crippen molar-refractivity contribution in [3.63, 3.8) is 0 Å². The summed E-state index contributed by atoms with van der Waals surface area (Å²) in [7, 11) is 1.88. The molecule has 2 aromatic heterocycles. The van der Waals surface area contributed by atoms with Gasteiger partial charge in [0.05, 0.1) is 21.5 Å². The molecular formula is C13H18N4OS3. The number of hydrogen-bond donors (Lipinski definition) is 1. The lowest BCUT2D eigenvalue weighted by Gasteiger charge is -2.13. The zero-order valence-electron chi connectivity index (χ0n) is 12.6. The Bertz CT molecular complexity index is 628. The highest BCUT2D eigenvalue weighted by molar-refractivity contribution is 8.01. The lowest BCUT2D eigenvalue weighted by Crippen LogP contribution is -2.27. The Morgan fingerprint density at radius 1 is 1.43 bits per heavy atom. The van der Waals surface area contributed by atoms with Crippen LogP contribution in [-0.2, 0) is 7.05 Å². The van der Waals surface area contributed by atoms with Crippen LogP contribution in [0.5, 0.6) is 0 Å². The maximum absolute atomic E-state index is 12.6. The second-order valence-electron chi connectivity index (χ2n) is 4.60. The van der Waals surface area contributed by atoms with Gasteiger partial charge in [-0.25, -0.2) is 0 Å². The third kappa shape index (κ3) is 3.44. The predicted molar refractivity (Wildman–Crippen MR) is 89.5 cm³/mol. The Morgan fingerprint density at radius 3 is 2.67 bits per heavy atom. The molecule has 1 N–H and O–H groups in total. The molecule has 2 aromatic rings. The van der Waals surface area contributed by atoms with Crippen molar-refractivity contribution < 1.29 is 4.79 Å². The van der Waals surface area contributed by atoms with Crippen molar-refractivity contribution in [2.45, 2.75) is 29.1 Å². The lowest BCUT2D eigenvalue weighted by molar-refractivity contribution is 0.0934. The van der Waals surface area contributed by atoms with Crippen LogP contribution >= 0.6 is 35.1 Å². The van der Waals surface area contributed by atoms with Crippen LogP contribution < -0.4 is 5.32 Å². The number of thioether (sulfide) groups is 2. The summed E-state index contributed by atoms with van der Waals surface area (Å²) < 4.78 is 7.05. The molecule has 5 nitrogen and oxygen atoms in total. The minimum atomic E-state index is -0.0875. The first-order chi connectivity index (χ1) is 9.97. The van der Waals surface area contributed by atoms with Gasteiger partial charge in [0.25, 0.3) is 5.91 Å². The first-order valence-corrected chi connectivity index (χ1v) is 9.58. The highest BCUT2D eigenvalue weighted by Gasteiger charge is 2.22. The van der Waals surface area contributed by atoms with Gasteiger partial charge >= 0.3 is 0 Å². The monoisotopic (exact) mass is 342 g/mol. The van der Waals surface area contributed by atoms with Gasteiger partial charge in [-0.15, -0.1) is 23.5 Å². The Balaban J connectivity index is 2.22. The third-order valence-electron chi connectivity index (χ3n) is 3.10. The molecule has 1 amide bonds. The van der Waals surface area contributed by atoms with Crippen molar-refractivity contribution in [1.82, 2.24) is 19.5 Å². The van der Waals surface area contributed by atoms with E-state index >= 15 is 0 Å². The Morgan fingerprint density at radius 2 is 2.14 bits per heavy atom. The number of carbonyl (C=O) groups excluding carboxylic acids is 1. The van der Waals surface area contributed by atoms with Crippen molar-refractivity contribution in [1.29, 1.82) is 0 Å². The molecular weight excluding hydrogens is 324 g/mol. The molecule has 0 aliphatic carbocycles. The molecule has 2 heterocycles. The zero-order chi connectivity index (χ0) is 15.6. The van der Waals surface area contributed by atoms with Crippen LogP contribution in [0.2, 0.25) is 0 Å². The van der Waals surface area contributed by atoms with Crippen LogP contribution in [0, 0.1) is 6.92 Å². The lowest BCUT2D eigenvalue weighted by atomic mass is 10.1. The van der Waals surface area contributed by atoms with Crippen LogP contribution in [0.1, 0.15) is 34.6 Å². The van der Waals surface area contributed by atoms with Crippen molar-refractivity contribution >= 4 is 41.0 Å². The molecule has 0 fully saturated rings. The summed E-state index contributed by atoms with van der Waals surface area (Å²) in [5.74, 6) is -0.0757. The molecule has 0 spiro atoms. The highest BCUT2D eigenvalue weighted by atomic mass is 32.2. The van der Waals surface area contributed by atoms with Gasteiger partial charge in [-0.05, 0) is 37.9 Å². The molecule has 8 heteroatoms. The Labute approximate surface area is 137 Å². The number of nitrogens with zero attached hydrogens (tertiary/aromatic N) is 3. The van der Waals surface area contributed by atoms with E-state index in [9.17, 15) is 4.79 Å². The Hall–Kier alpha value is -0.990. The number of aromatic nitrogens is 3. The fraction of sp³-hybridized carbons (Fsp3) is 0.462. The SMILES string of the molecule is CSc1nsc(SC)c1C(=O)NC(C)c1cn(C)nc1C. The molecule has 1 atom stereocenters. The highest BCUT2D eigenvalue weighted by Crippen LogP contribution is 2.33. The summed E-state index contributed by atoms with van der Waals surface area (Å²) >= 11 is 4.43. The molecule has 0 aliphatic heterocycles. The average Bonchev–Trinajstić information content (AvgIpc) is 3.00. The molecule has 0 aromatic carbocycles. The first-order valence-electron chi connectivity index (χ1n) is 6.36. The van der Waals surface area contributed by atoms with E-state index in [2.05, 4.69) is 14.8 Å². The zero-order valence-corrected chi connectivity index (χ0v) is 15.1. The largest absolute Gasteiger partial charge is 0.345 e. The smallest absolute Gasteiger partial charge is 0.256 e. The maximum Gasteiger partial charge on any atom is 0.256 e. The molecule has 0 aliphatic rings.